The summed E-state index contributed by atoms with van der Waals surface area (Å²) in [5.74, 6) is 1.47. The number of benzene rings is 2. The number of hydrogen-bond acceptors (Lipinski definition) is 6. The molecule has 2 saturated carbocycles. The minimum Gasteiger partial charge on any atom is -0.457 e. The van der Waals surface area contributed by atoms with Crippen molar-refractivity contribution in [3.8, 4) is 0 Å². The van der Waals surface area contributed by atoms with Gasteiger partial charge in [0.1, 0.15) is 11.2 Å². The molecule has 0 aromatic heterocycles. The molecule has 0 radical (unpaired) electrons. The summed E-state index contributed by atoms with van der Waals surface area (Å²) in [6, 6.07) is 17.3. The van der Waals surface area contributed by atoms with Crippen LogP contribution < -0.4 is 0 Å². The van der Waals surface area contributed by atoms with E-state index >= 15 is 0 Å². The lowest BCUT2D eigenvalue weighted by Crippen LogP contribution is -2.39. The molecule has 4 aliphatic carbocycles. The summed E-state index contributed by atoms with van der Waals surface area (Å²) in [5.41, 5.74) is 1.75. The number of hydrogen-bond donors (Lipinski definition) is 0. The normalized spacial score (nSPS) is 25.8. The number of allylic oxidation sites excluding steroid dienone is 4. The maximum absolute atomic E-state index is 13.0. The van der Waals surface area contributed by atoms with Gasteiger partial charge in [0.05, 0.1) is 36.3 Å². The van der Waals surface area contributed by atoms with Crippen molar-refractivity contribution < 1.29 is 28.5 Å². The largest absolute Gasteiger partial charge is 0.457 e. The first-order chi connectivity index (χ1) is 23.7. The molecule has 2 aromatic rings. The number of carbonyl (C=O) groups is 2. The van der Waals surface area contributed by atoms with E-state index in [1.165, 1.54) is 11.1 Å². The van der Waals surface area contributed by atoms with Crippen molar-refractivity contribution in [2.45, 2.75) is 123 Å². The molecule has 0 aliphatic heterocycles. The van der Waals surface area contributed by atoms with Crippen LogP contribution in [0.4, 0.5) is 0 Å². The summed E-state index contributed by atoms with van der Waals surface area (Å²) >= 11 is 0. The number of ether oxygens (including phenoxy) is 4. The molecular weight excluding hydrogens is 636 g/mol. The van der Waals surface area contributed by atoms with E-state index in [4.69, 9.17) is 18.9 Å². The van der Waals surface area contributed by atoms with Gasteiger partial charge < -0.3 is 18.9 Å². The van der Waals surface area contributed by atoms with E-state index in [-0.39, 0.29) is 29.2 Å². The first-order valence-electron chi connectivity index (χ1n) is 19.1. The number of rotatable bonds is 14. The highest BCUT2D eigenvalue weighted by Crippen LogP contribution is 2.45. The lowest BCUT2D eigenvalue weighted by Gasteiger charge is -2.34. The molecule has 6 nitrogen and oxygen atoms in total. The minimum absolute atomic E-state index is 0.0242. The highest BCUT2D eigenvalue weighted by Gasteiger charge is 2.44. The van der Waals surface area contributed by atoms with Crippen LogP contribution in [-0.4, -0.2) is 36.4 Å². The molecule has 6 rings (SSSR count). The molecule has 0 amide bonds. The van der Waals surface area contributed by atoms with Gasteiger partial charge in [0.15, 0.2) is 0 Å². The topological polar surface area (TPSA) is 71.1 Å². The summed E-state index contributed by atoms with van der Waals surface area (Å²) in [7, 11) is 0. The standard InChI is InChI=1S/C45H60O6/c1-41(2,50-39(46)37-25-29-11-13-31(37)23-29)27-48-44(7,8)35-19-15-33(16-20-35)43(5,6)34-17-21-36(22-18-34)45(9,10)49-28-42(3,4)51-40(47)38-26-30-12-14-32(38)24-30/h11-22,29-32,37-38H,23-28H2,1-10H3. The quantitative estimate of drug-likeness (QED) is 0.145. The zero-order valence-electron chi connectivity index (χ0n) is 32.6. The van der Waals surface area contributed by atoms with Crippen LogP contribution in [0.2, 0.25) is 0 Å². The van der Waals surface area contributed by atoms with Crippen molar-refractivity contribution in [3.63, 3.8) is 0 Å². The molecule has 0 heterocycles. The highest BCUT2D eigenvalue weighted by molar-refractivity contribution is 5.75. The van der Waals surface area contributed by atoms with Gasteiger partial charge in [0.2, 0.25) is 0 Å². The van der Waals surface area contributed by atoms with Crippen LogP contribution >= 0.6 is 0 Å². The molecule has 51 heavy (non-hydrogen) atoms. The zero-order valence-corrected chi connectivity index (χ0v) is 32.6. The molecule has 276 valence electrons. The van der Waals surface area contributed by atoms with Crippen LogP contribution in [0.3, 0.4) is 0 Å². The maximum Gasteiger partial charge on any atom is 0.310 e. The first-order valence-corrected chi connectivity index (χ1v) is 19.1. The Labute approximate surface area is 306 Å². The molecule has 6 unspecified atom stereocenters. The fourth-order valence-corrected chi connectivity index (χ4v) is 8.48. The molecule has 0 N–H and O–H groups in total. The zero-order chi connectivity index (χ0) is 37.0. The second-order valence-corrected chi connectivity index (χ2v) is 18.5. The number of carbonyl (C=O) groups excluding carboxylic acids is 2. The highest BCUT2D eigenvalue weighted by atomic mass is 16.6. The molecule has 4 aliphatic rings. The predicted molar refractivity (Wildman–Crippen MR) is 201 cm³/mol. The van der Waals surface area contributed by atoms with Gasteiger partial charge in [-0.05, 0) is 127 Å². The fraction of sp³-hybridized carbons (Fsp3) is 0.600. The lowest BCUT2D eigenvalue weighted by molar-refractivity contribution is -0.175. The molecular formula is C45H60O6. The average Bonchev–Trinajstić information content (AvgIpc) is 3.90. The van der Waals surface area contributed by atoms with Crippen LogP contribution in [0.5, 0.6) is 0 Å². The SMILES string of the molecule is CC(C)(COC(C)(C)c1ccc(C(C)(C)c2ccc(C(C)(C)OCC(C)(C)OC(=O)C3CC4C=CC3C4)cc2)cc1)OC(=O)C1CC2C=CC1C2. The molecule has 0 spiro atoms. The second-order valence-electron chi connectivity index (χ2n) is 18.5. The molecule has 2 aromatic carbocycles. The van der Waals surface area contributed by atoms with Gasteiger partial charge in [-0.2, -0.15) is 0 Å². The Balaban J connectivity index is 1.02. The summed E-state index contributed by atoms with van der Waals surface area (Å²) in [4.78, 5) is 26.0. The smallest absolute Gasteiger partial charge is 0.310 e. The van der Waals surface area contributed by atoms with E-state index in [1.54, 1.807) is 0 Å². The Hall–Kier alpha value is -3.22. The molecule has 0 saturated heterocycles. The third kappa shape index (κ3) is 8.23. The third-order valence-corrected chi connectivity index (χ3v) is 12.1. The van der Waals surface area contributed by atoms with Gasteiger partial charge in [-0.15, -0.1) is 0 Å². The van der Waals surface area contributed by atoms with Gasteiger partial charge in [-0.25, -0.2) is 0 Å². The number of esters is 2. The van der Waals surface area contributed by atoms with Gasteiger partial charge in [0, 0.05) is 5.41 Å². The van der Waals surface area contributed by atoms with Crippen molar-refractivity contribution in [3.05, 3.63) is 95.1 Å². The predicted octanol–water partition coefficient (Wildman–Crippen LogP) is 9.58. The minimum atomic E-state index is -0.719. The maximum atomic E-state index is 13.0. The first kappa shape index (κ1) is 37.5. The monoisotopic (exact) mass is 696 g/mol. The van der Waals surface area contributed by atoms with Crippen molar-refractivity contribution in [2.24, 2.45) is 35.5 Å². The average molecular weight is 697 g/mol. The summed E-state index contributed by atoms with van der Waals surface area (Å²) in [5, 5.41) is 0. The van der Waals surface area contributed by atoms with Gasteiger partial charge in [-0.3, -0.25) is 9.59 Å². The van der Waals surface area contributed by atoms with Crippen LogP contribution in [-0.2, 0) is 45.2 Å². The van der Waals surface area contributed by atoms with E-state index < -0.39 is 22.4 Å². The van der Waals surface area contributed by atoms with Crippen LogP contribution in [0, 0.1) is 35.5 Å². The Bertz CT molecular complexity index is 1520. The molecule has 6 heteroatoms. The van der Waals surface area contributed by atoms with E-state index in [0.29, 0.717) is 36.9 Å². The Morgan fingerprint density at radius 3 is 1.14 bits per heavy atom. The molecule has 6 atom stereocenters. The second kappa shape index (κ2) is 13.6. The Morgan fingerprint density at radius 2 is 0.843 bits per heavy atom. The van der Waals surface area contributed by atoms with Crippen molar-refractivity contribution >= 4 is 11.9 Å². The lowest BCUT2D eigenvalue weighted by atomic mass is 9.77. The van der Waals surface area contributed by atoms with Crippen molar-refractivity contribution in [1.82, 2.24) is 0 Å². The third-order valence-electron chi connectivity index (χ3n) is 12.1. The Kier molecular flexibility index (Phi) is 10.0. The summed E-state index contributed by atoms with van der Waals surface area (Å²) in [6.45, 7) is 21.1. The molecule has 2 fully saturated rings. The van der Waals surface area contributed by atoms with Gasteiger partial charge >= 0.3 is 11.9 Å². The fourth-order valence-electron chi connectivity index (χ4n) is 8.48. The Morgan fingerprint density at radius 1 is 0.510 bits per heavy atom. The van der Waals surface area contributed by atoms with E-state index in [2.05, 4.69) is 114 Å². The van der Waals surface area contributed by atoms with Gasteiger partial charge in [-0.1, -0.05) is 86.7 Å². The summed E-state index contributed by atoms with van der Waals surface area (Å²) in [6.07, 6.45) is 12.8. The van der Waals surface area contributed by atoms with E-state index in [9.17, 15) is 9.59 Å². The van der Waals surface area contributed by atoms with Crippen LogP contribution in [0.1, 0.15) is 117 Å². The van der Waals surface area contributed by atoms with Crippen LogP contribution in [0.25, 0.3) is 0 Å². The molecule has 4 bridgehead atoms. The van der Waals surface area contributed by atoms with Gasteiger partial charge in [0.25, 0.3) is 0 Å². The van der Waals surface area contributed by atoms with Crippen LogP contribution in [0.15, 0.2) is 72.8 Å². The summed E-state index contributed by atoms with van der Waals surface area (Å²) < 4.78 is 24.8. The van der Waals surface area contributed by atoms with Crippen molar-refractivity contribution in [1.29, 1.82) is 0 Å². The number of fused-ring (bicyclic) bond motifs is 4. The van der Waals surface area contributed by atoms with E-state index in [0.717, 1.165) is 36.8 Å². The van der Waals surface area contributed by atoms with E-state index in [1.807, 2.05) is 27.7 Å². The van der Waals surface area contributed by atoms with Crippen molar-refractivity contribution in [2.75, 3.05) is 13.2 Å².